The monoisotopic (exact) mass is 430 g/mol. The summed E-state index contributed by atoms with van der Waals surface area (Å²) in [5, 5.41) is 2.93. The van der Waals surface area contributed by atoms with Crippen molar-refractivity contribution in [1.29, 1.82) is 0 Å². The van der Waals surface area contributed by atoms with Gasteiger partial charge in [0.15, 0.2) is 5.78 Å². The van der Waals surface area contributed by atoms with Crippen molar-refractivity contribution >= 4 is 23.1 Å². The average Bonchev–Trinajstić information content (AvgIpc) is 3.10. The number of amides is 1. The molecule has 3 aromatic rings. The first kappa shape index (κ1) is 21.8. The second-order valence-corrected chi connectivity index (χ2v) is 8.43. The number of benzene rings is 2. The summed E-state index contributed by atoms with van der Waals surface area (Å²) in [4.78, 5) is 32.5. The van der Waals surface area contributed by atoms with E-state index in [2.05, 4.69) is 62.6 Å². The minimum atomic E-state index is -0.236. The molecule has 2 aromatic carbocycles. The third-order valence-corrected chi connectivity index (χ3v) is 6.13. The number of aromatic amines is 1. The molecule has 166 valence electrons. The van der Waals surface area contributed by atoms with E-state index in [1.54, 1.807) is 6.92 Å². The number of hydrogen-bond acceptors (Lipinski definition) is 4. The molecule has 1 amide bonds. The van der Waals surface area contributed by atoms with Crippen molar-refractivity contribution in [3.63, 3.8) is 0 Å². The number of aryl methyl sites for hydroxylation is 1. The summed E-state index contributed by atoms with van der Waals surface area (Å²) in [6, 6.07) is 18.6. The number of piperazine rings is 1. The summed E-state index contributed by atoms with van der Waals surface area (Å²) in [5.41, 5.74) is 5.69. The number of nitrogens with zero attached hydrogens (tertiary/aromatic N) is 2. The number of ketones is 1. The summed E-state index contributed by atoms with van der Waals surface area (Å²) in [6.07, 6.45) is 0. The van der Waals surface area contributed by atoms with Crippen molar-refractivity contribution in [2.24, 2.45) is 0 Å². The molecule has 0 aliphatic carbocycles. The Morgan fingerprint density at radius 2 is 1.59 bits per heavy atom. The minimum Gasteiger partial charge on any atom is -0.369 e. The van der Waals surface area contributed by atoms with Gasteiger partial charge in [0.25, 0.3) is 5.91 Å². The van der Waals surface area contributed by atoms with E-state index >= 15 is 0 Å². The van der Waals surface area contributed by atoms with E-state index in [9.17, 15) is 9.59 Å². The van der Waals surface area contributed by atoms with Gasteiger partial charge in [0.1, 0.15) is 5.69 Å². The van der Waals surface area contributed by atoms with Gasteiger partial charge in [0, 0.05) is 55.4 Å². The summed E-state index contributed by atoms with van der Waals surface area (Å²) >= 11 is 0. The maximum Gasteiger partial charge on any atom is 0.272 e. The van der Waals surface area contributed by atoms with Crippen LogP contribution in [0.4, 0.5) is 11.4 Å². The summed E-state index contributed by atoms with van der Waals surface area (Å²) in [7, 11) is 0. The van der Waals surface area contributed by atoms with Crippen molar-refractivity contribution < 1.29 is 9.59 Å². The lowest BCUT2D eigenvalue weighted by Crippen LogP contribution is -2.45. The van der Waals surface area contributed by atoms with Gasteiger partial charge in [-0.1, -0.05) is 30.3 Å². The van der Waals surface area contributed by atoms with E-state index in [0.29, 0.717) is 16.8 Å². The van der Waals surface area contributed by atoms with Crippen molar-refractivity contribution in [1.82, 2.24) is 9.88 Å². The van der Waals surface area contributed by atoms with E-state index in [1.807, 2.05) is 19.1 Å². The predicted octanol–water partition coefficient (Wildman–Crippen LogP) is 4.41. The Labute approximate surface area is 189 Å². The number of Topliss-reactive ketones (excluding diaryl/α,β-unsaturated/α-hetero) is 1. The Kier molecular flexibility index (Phi) is 6.42. The third kappa shape index (κ3) is 4.75. The summed E-state index contributed by atoms with van der Waals surface area (Å²) in [5.74, 6) is -0.274. The zero-order valence-corrected chi connectivity index (χ0v) is 18.9. The van der Waals surface area contributed by atoms with Gasteiger partial charge in [-0.05, 0) is 56.2 Å². The maximum absolute atomic E-state index is 12.7. The molecule has 6 heteroatoms. The fourth-order valence-electron chi connectivity index (χ4n) is 4.46. The highest BCUT2D eigenvalue weighted by Crippen LogP contribution is 2.22. The second kappa shape index (κ2) is 9.40. The van der Waals surface area contributed by atoms with Crippen LogP contribution in [0, 0.1) is 13.8 Å². The van der Waals surface area contributed by atoms with Gasteiger partial charge in [-0.3, -0.25) is 14.5 Å². The average molecular weight is 431 g/mol. The van der Waals surface area contributed by atoms with Crippen LogP contribution < -0.4 is 10.2 Å². The Hall–Kier alpha value is -3.38. The van der Waals surface area contributed by atoms with E-state index in [4.69, 9.17) is 0 Å². The van der Waals surface area contributed by atoms with Gasteiger partial charge in [-0.2, -0.15) is 0 Å². The largest absolute Gasteiger partial charge is 0.369 e. The molecule has 1 saturated heterocycles. The minimum absolute atomic E-state index is 0.0384. The fourth-order valence-corrected chi connectivity index (χ4v) is 4.46. The highest BCUT2D eigenvalue weighted by Gasteiger charge is 2.20. The SMILES string of the molecule is CC(=O)c1c(C)[nH]c(C(=O)Nc2ccc(N3CCN(Cc4ccccc4)CC3)cc2)c1C. The molecule has 0 unspecified atom stereocenters. The molecule has 1 aliphatic heterocycles. The molecule has 0 bridgehead atoms. The van der Waals surface area contributed by atoms with Crippen LogP contribution in [0.25, 0.3) is 0 Å². The number of H-pyrrole nitrogens is 1. The van der Waals surface area contributed by atoms with Crippen LogP contribution in [0.2, 0.25) is 0 Å². The zero-order chi connectivity index (χ0) is 22.7. The normalized spacial score (nSPS) is 14.4. The van der Waals surface area contributed by atoms with E-state index < -0.39 is 0 Å². The van der Waals surface area contributed by atoms with Crippen molar-refractivity contribution in [3.8, 4) is 0 Å². The molecule has 2 N–H and O–H groups in total. The van der Waals surface area contributed by atoms with Crippen molar-refractivity contribution in [3.05, 3.63) is 82.7 Å². The molecule has 0 spiro atoms. The smallest absolute Gasteiger partial charge is 0.272 e. The van der Waals surface area contributed by atoms with Crippen molar-refractivity contribution in [2.75, 3.05) is 36.4 Å². The molecule has 1 aliphatic rings. The Bertz CT molecular complexity index is 1090. The van der Waals surface area contributed by atoms with Gasteiger partial charge < -0.3 is 15.2 Å². The number of carbonyl (C=O) groups excluding carboxylic acids is 2. The molecule has 0 saturated carbocycles. The van der Waals surface area contributed by atoms with Crippen LogP contribution in [0.15, 0.2) is 54.6 Å². The van der Waals surface area contributed by atoms with Crippen LogP contribution >= 0.6 is 0 Å². The first-order chi connectivity index (χ1) is 15.4. The third-order valence-electron chi connectivity index (χ3n) is 6.13. The predicted molar refractivity (Wildman–Crippen MR) is 129 cm³/mol. The number of aromatic nitrogens is 1. The van der Waals surface area contributed by atoms with Gasteiger partial charge >= 0.3 is 0 Å². The highest BCUT2D eigenvalue weighted by molar-refractivity contribution is 6.07. The lowest BCUT2D eigenvalue weighted by molar-refractivity contribution is 0.101. The van der Waals surface area contributed by atoms with E-state index in [-0.39, 0.29) is 11.7 Å². The van der Waals surface area contributed by atoms with Gasteiger partial charge in [-0.25, -0.2) is 0 Å². The number of nitrogens with one attached hydrogen (secondary N) is 2. The molecule has 4 rings (SSSR count). The molecule has 1 aromatic heterocycles. The Balaban J connectivity index is 1.34. The van der Waals surface area contributed by atoms with E-state index in [0.717, 1.165) is 49.8 Å². The lowest BCUT2D eigenvalue weighted by atomic mass is 10.1. The highest BCUT2D eigenvalue weighted by atomic mass is 16.2. The number of carbonyl (C=O) groups is 2. The molecule has 32 heavy (non-hydrogen) atoms. The molecule has 6 nitrogen and oxygen atoms in total. The Morgan fingerprint density at radius 3 is 2.19 bits per heavy atom. The first-order valence-electron chi connectivity index (χ1n) is 11.0. The molecule has 0 radical (unpaired) electrons. The number of rotatable bonds is 6. The first-order valence-corrected chi connectivity index (χ1v) is 11.0. The lowest BCUT2D eigenvalue weighted by Gasteiger charge is -2.36. The van der Waals surface area contributed by atoms with Crippen LogP contribution in [0.5, 0.6) is 0 Å². The van der Waals surface area contributed by atoms with Crippen molar-refractivity contribution in [2.45, 2.75) is 27.3 Å². The number of hydrogen-bond donors (Lipinski definition) is 2. The molecule has 1 fully saturated rings. The Morgan fingerprint density at radius 1 is 0.938 bits per heavy atom. The molecule has 0 atom stereocenters. The molecular weight excluding hydrogens is 400 g/mol. The fraction of sp³-hybridized carbons (Fsp3) is 0.308. The van der Waals surface area contributed by atoms with Gasteiger partial charge in [-0.15, -0.1) is 0 Å². The van der Waals surface area contributed by atoms with Crippen LogP contribution in [-0.4, -0.2) is 47.8 Å². The van der Waals surface area contributed by atoms with Crippen LogP contribution in [0.3, 0.4) is 0 Å². The van der Waals surface area contributed by atoms with Gasteiger partial charge in [0.2, 0.25) is 0 Å². The van der Waals surface area contributed by atoms with Gasteiger partial charge in [0.05, 0.1) is 0 Å². The van der Waals surface area contributed by atoms with Crippen LogP contribution in [-0.2, 0) is 6.54 Å². The standard InChI is InChI=1S/C26H30N4O2/c1-18-24(20(3)31)19(2)27-25(18)26(32)28-22-9-11-23(12-10-22)30-15-13-29(14-16-30)17-21-7-5-4-6-8-21/h4-12,27H,13-17H2,1-3H3,(H,28,32). The number of anilines is 2. The summed E-state index contributed by atoms with van der Waals surface area (Å²) < 4.78 is 0. The quantitative estimate of drug-likeness (QED) is 0.569. The maximum atomic E-state index is 12.7. The zero-order valence-electron chi connectivity index (χ0n) is 18.9. The second-order valence-electron chi connectivity index (χ2n) is 8.43. The molecular formula is C26H30N4O2. The van der Waals surface area contributed by atoms with E-state index in [1.165, 1.54) is 12.5 Å². The summed E-state index contributed by atoms with van der Waals surface area (Å²) in [6.45, 7) is 10.1. The topological polar surface area (TPSA) is 68.4 Å². The molecule has 2 heterocycles. The van der Waals surface area contributed by atoms with Crippen LogP contribution in [0.1, 0.15) is 44.6 Å².